The monoisotopic (exact) mass is 444 g/mol. The number of hydrogen-bond acceptors (Lipinski definition) is 4. The van der Waals surface area contributed by atoms with Gasteiger partial charge in [0, 0.05) is 6.54 Å². The molecule has 1 aliphatic heterocycles. The lowest BCUT2D eigenvalue weighted by Crippen LogP contribution is -2.53. The van der Waals surface area contributed by atoms with Crippen LogP contribution in [0.3, 0.4) is 0 Å². The predicted octanol–water partition coefficient (Wildman–Crippen LogP) is 4.00. The van der Waals surface area contributed by atoms with Crippen LogP contribution in [-0.2, 0) is 11.2 Å². The fourth-order valence-corrected chi connectivity index (χ4v) is 4.07. The maximum absolute atomic E-state index is 13.6. The number of fused-ring (bicyclic) bond motifs is 1. The number of amides is 2. The minimum Gasteiger partial charge on any atom is -0.493 e. The molecule has 8 heteroatoms. The molecule has 2 aromatic carbocycles. The average molecular weight is 445 g/mol. The largest absolute Gasteiger partial charge is 0.493 e. The van der Waals surface area contributed by atoms with Gasteiger partial charge in [-0.05, 0) is 53.3 Å². The Balaban J connectivity index is 2.05. The van der Waals surface area contributed by atoms with Gasteiger partial charge >= 0.3 is 12.0 Å². The number of aliphatic carboxylic acids is 1. The van der Waals surface area contributed by atoms with E-state index in [0.29, 0.717) is 36.4 Å². The fourth-order valence-electron chi connectivity index (χ4n) is 4.07. The summed E-state index contributed by atoms with van der Waals surface area (Å²) in [6.07, 6.45) is 1.17. The predicted molar refractivity (Wildman–Crippen MR) is 118 cm³/mol. The van der Waals surface area contributed by atoms with Gasteiger partial charge < -0.3 is 24.8 Å². The molecule has 1 aliphatic rings. The summed E-state index contributed by atoms with van der Waals surface area (Å²) in [6, 6.07) is 7.65. The maximum Gasteiger partial charge on any atom is 0.326 e. The van der Waals surface area contributed by atoms with E-state index in [1.807, 2.05) is 19.1 Å². The third-order valence-electron chi connectivity index (χ3n) is 6.08. The van der Waals surface area contributed by atoms with Gasteiger partial charge in [-0.2, -0.15) is 0 Å². The van der Waals surface area contributed by atoms with Gasteiger partial charge in [0.1, 0.15) is 11.9 Å². The summed E-state index contributed by atoms with van der Waals surface area (Å²) in [5.41, 5.74) is 2.52. The molecule has 0 saturated heterocycles. The lowest BCUT2D eigenvalue weighted by Gasteiger charge is -2.39. The van der Waals surface area contributed by atoms with Crippen LogP contribution in [0.4, 0.5) is 9.18 Å². The van der Waals surface area contributed by atoms with Crippen LogP contribution < -0.4 is 14.8 Å². The molecule has 0 aliphatic carbocycles. The van der Waals surface area contributed by atoms with Gasteiger partial charge in [0.15, 0.2) is 11.5 Å². The van der Waals surface area contributed by atoms with E-state index in [1.54, 1.807) is 31.1 Å². The maximum atomic E-state index is 13.6. The van der Waals surface area contributed by atoms with Crippen molar-refractivity contribution in [2.45, 2.75) is 38.8 Å². The fraction of sp³-hybridized carbons (Fsp3) is 0.417. The van der Waals surface area contributed by atoms with Crippen molar-refractivity contribution in [1.82, 2.24) is 10.2 Å². The summed E-state index contributed by atoms with van der Waals surface area (Å²) in [7, 11) is 3.10. The van der Waals surface area contributed by atoms with Crippen molar-refractivity contribution < 1.29 is 28.6 Å². The van der Waals surface area contributed by atoms with Gasteiger partial charge in [0.25, 0.3) is 0 Å². The second-order valence-electron chi connectivity index (χ2n) is 7.95. The highest BCUT2D eigenvalue weighted by atomic mass is 19.1. The van der Waals surface area contributed by atoms with Crippen molar-refractivity contribution in [1.29, 1.82) is 0 Å². The van der Waals surface area contributed by atoms with Crippen molar-refractivity contribution >= 4 is 12.0 Å². The van der Waals surface area contributed by atoms with Crippen molar-refractivity contribution in [3.8, 4) is 11.5 Å². The van der Waals surface area contributed by atoms with E-state index in [-0.39, 0.29) is 11.7 Å². The van der Waals surface area contributed by atoms with Crippen molar-refractivity contribution in [2.75, 3.05) is 20.8 Å². The molecular weight excluding hydrogens is 415 g/mol. The van der Waals surface area contributed by atoms with E-state index in [9.17, 15) is 19.1 Å². The summed E-state index contributed by atoms with van der Waals surface area (Å²) >= 11 is 0. The number of urea groups is 1. The average Bonchev–Trinajstić information content (AvgIpc) is 2.80. The first-order chi connectivity index (χ1) is 15.3. The number of nitrogens with zero attached hydrogens (tertiary/aromatic N) is 1. The molecule has 1 heterocycles. The van der Waals surface area contributed by atoms with Gasteiger partial charge in [-0.15, -0.1) is 0 Å². The van der Waals surface area contributed by atoms with Crippen LogP contribution in [0.15, 0.2) is 36.4 Å². The molecule has 0 unspecified atom stereocenters. The van der Waals surface area contributed by atoms with Crippen LogP contribution in [0.2, 0.25) is 0 Å². The number of nitrogens with one attached hydrogen (secondary N) is 1. The van der Waals surface area contributed by atoms with Crippen LogP contribution in [-0.4, -0.2) is 48.8 Å². The molecule has 0 saturated carbocycles. The summed E-state index contributed by atoms with van der Waals surface area (Å²) in [4.78, 5) is 26.6. The molecule has 3 rings (SSSR count). The van der Waals surface area contributed by atoms with Crippen molar-refractivity contribution in [2.24, 2.45) is 5.92 Å². The molecule has 32 heavy (non-hydrogen) atoms. The summed E-state index contributed by atoms with van der Waals surface area (Å²) in [6.45, 7) is 4.03. The van der Waals surface area contributed by atoms with Crippen LogP contribution in [0.25, 0.3) is 0 Å². The third kappa shape index (κ3) is 4.64. The van der Waals surface area contributed by atoms with Crippen LogP contribution in [0.5, 0.6) is 11.5 Å². The van der Waals surface area contributed by atoms with Crippen LogP contribution in [0.1, 0.15) is 43.0 Å². The second kappa shape index (κ2) is 9.89. The number of carbonyl (C=O) groups is 2. The topological polar surface area (TPSA) is 88.1 Å². The molecule has 0 spiro atoms. The Morgan fingerprint density at radius 2 is 1.81 bits per heavy atom. The minimum atomic E-state index is -1.07. The summed E-state index contributed by atoms with van der Waals surface area (Å²) in [5.74, 6) is -0.582. The number of ether oxygens (including phenoxy) is 2. The van der Waals surface area contributed by atoms with Crippen molar-refractivity contribution in [3.05, 3.63) is 58.9 Å². The summed E-state index contributed by atoms with van der Waals surface area (Å²) in [5, 5.41) is 12.3. The number of carboxylic acids is 1. The van der Waals surface area contributed by atoms with Gasteiger partial charge in [0.05, 0.1) is 20.3 Å². The molecule has 172 valence electrons. The molecule has 3 atom stereocenters. The Hall–Kier alpha value is -3.29. The lowest BCUT2D eigenvalue weighted by molar-refractivity contribution is -0.140. The quantitative estimate of drug-likeness (QED) is 0.674. The first-order valence-corrected chi connectivity index (χ1v) is 10.6. The molecule has 0 fully saturated rings. The van der Waals surface area contributed by atoms with E-state index in [4.69, 9.17) is 9.47 Å². The van der Waals surface area contributed by atoms with Gasteiger partial charge in [-0.25, -0.2) is 14.0 Å². The number of benzene rings is 2. The Bertz CT molecular complexity index is 979. The number of rotatable bonds is 7. The minimum absolute atomic E-state index is 0.234. The zero-order valence-corrected chi connectivity index (χ0v) is 18.7. The second-order valence-corrected chi connectivity index (χ2v) is 7.95. The van der Waals surface area contributed by atoms with E-state index in [1.165, 1.54) is 19.2 Å². The highest BCUT2D eigenvalue weighted by Crippen LogP contribution is 2.41. The molecule has 2 amide bonds. The highest BCUT2D eigenvalue weighted by Gasteiger charge is 2.36. The van der Waals surface area contributed by atoms with E-state index in [0.717, 1.165) is 11.1 Å². The van der Waals surface area contributed by atoms with Gasteiger partial charge in [-0.1, -0.05) is 32.4 Å². The zero-order valence-electron chi connectivity index (χ0n) is 18.7. The molecule has 0 radical (unpaired) electrons. The highest BCUT2D eigenvalue weighted by molar-refractivity contribution is 5.83. The lowest BCUT2D eigenvalue weighted by atomic mass is 9.87. The molecule has 0 aromatic heterocycles. The Morgan fingerprint density at radius 1 is 1.19 bits per heavy atom. The number of halogens is 1. The van der Waals surface area contributed by atoms with Gasteiger partial charge in [-0.3, -0.25) is 0 Å². The smallest absolute Gasteiger partial charge is 0.326 e. The first kappa shape index (κ1) is 23.4. The molecule has 2 aromatic rings. The number of hydrogen-bond donors (Lipinski definition) is 2. The first-order valence-electron chi connectivity index (χ1n) is 10.6. The molecule has 7 nitrogen and oxygen atoms in total. The SMILES string of the molecule is CC[C@H](C)[C@H](NC(=O)N1CCc2cc(OC)c(OC)cc2[C@@H]1c1ccc(F)cc1)C(=O)O. The Labute approximate surface area is 187 Å². The molecular formula is C24H29FN2O5. The van der Waals surface area contributed by atoms with Crippen LogP contribution in [0, 0.1) is 11.7 Å². The number of carboxylic acid groups (broad SMARTS) is 1. The Morgan fingerprint density at radius 3 is 2.38 bits per heavy atom. The third-order valence-corrected chi connectivity index (χ3v) is 6.08. The zero-order chi connectivity index (χ0) is 23.4. The molecule has 0 bridgehead atoms. The van der Waals surface area contributed by atoms with Crippen LogP contribution >= 0.6 is 0 Å². The summed E-state index contributed by atoms with van der Waals surface area (Å²) < 4.78 is 24.5. The van der Waals surface area contributed by atoms with E-state index in [2.05, 4.69) is 5.32 Å². The van der Waals surface area contributed by atoms with Crippen molar-refractivity contribution in [3.63, 3.8) is 0 Å². The number of methoxy groups -OCH3 is 2. The van der Waals surface area contributed by atoms with E-state index < -0.39 is 24.1 Å². The standard InChI is InChI=1S/C24H29FN2O5/c1-5-14(2)21(23(28)29)26-24(30)27-11-10-16-12-19(31-3)20(32-4)13-18(16)22(27)15-6-8-17(25)9-7-15/h6-9,12-14,21-22H,5,10-11H2,1-4H3,(H,26,30)(H,28,29)/t14-,21-,22-/m0/s1. The normalized spacial score (nSPS) is 17.2. The van der Waals surface area contributed by atoms with E-state index >= 15 is 0 Å². The number of carbonyl (C=O) groups excluding carboxylic acids is 1. The Kier molecular flexibility index (Phi) is 7.22. The molecule has 2 N–H and O–H groups in total. The van der Waals surface area contributed by atoms with Gasteiger partial charge in [0.2, 0.25) is 0 Å².